The first-order valence-corrected chi connectivity index (χ1v) is 8.86. The summed E-state index contributed by atoms with van der Waals surface area (Å²) >= 11 is 0. The number of likely N-dealkylation sites (N-methyl/N-ethyl adjacent to an activating group) is 2. The van der Waals surface area contributed by atoms with E-state index in [0.29, 0.717) is 17.9 Å². The molecule has 0 aliphatic heterocycles. The Morgan fingerprint density at radius 3 is 2.69 bits per heavy atom. The Balaban J connectivity index is 2.02. The molecule has 2 heterocycles. The van der Waals surface area contributed by atoms with Gasteiger partial charge in [0, 0.05) is 30.7 Å². The van der Waals surface area contributed by atoms with Crippen molar-refractivity contribution in [3.63, 3.8) is 0 Å². The van der Waals surface area contributed by atoms with E-state index in [0.717, 1.165) is 17.4 Å². The van der Waals surface area contributed by atoms with Gasteiger partial charge in [-0.2, -0.15) is 5.10 Å². The van der Waals surface area contributed by atoms with Gasteiger partial charge in [-0.15, -0.1) is 0 Å². The van der Waals surface area contributed by atoms with Crippen molar-refractivity contribution in [2.45, 2.75) is 19.9 Å². The summed E-state index contributed by atoms with van der Waals surface area (Å²) in [6.07, 6.45) is 3.47. The fourth-order valence-corrected chi connectivity index (χ4v) is 3.31. The summed E-state index contributed by atoms with van der Waals surface area (Å²) in [5, 5.41) is 5.52. The Morgan fingerprint density at radius 2 is 1.96 bits per heavy atom. The van der Waals surface area contributed by atoms with Crippen molar-refractivity contribution in [1.29, 1.82) is 0 Å². The summed E-state index contributed by atoms with van der Waals surface area (Å²) in [7, 11) is 4.02. The van der Waals surface area contributed by atoms with Crippen molar-refractivity contribution in [1.82, 2.24) is 24.6 Å². The van der Waals surface area contributed by atoms with Crippen LogP contribution in [0.3, 0.4) is 0 Å². The van der Waals surface area contributed by atoms with Gasteiger partial charge in [-0.3, -0.25) is 4.79 Å². The Hall–Kier alpha value is -2.73. The lowest BCUT2D eigenvalue weighted by Crippen LogP contribution is -2.44. The Bertz CT molecular complexity index is 902. The van der Waals surface area contributed by atoms with Gasteiger partial charge >= 0.3 is 0 Å². The topological polar surface area (TPSA) is 54.3 Å². The molecule has 0 saturated carbocycles. The number of carbonyl (C=O) groups excluding carboxylic acids is 1. The molecule has 2 aromatic heterocycles. The second-order valence-corrected chi connectivity index (χ2v) is 6.69. The minimum Gasteiger partial charge on any atom is -0.334 e. The lowest BCUT2D eigenvalue weighted by Gasteiger charge is -2.30. The lowest BCUT2D eigenvalue weighted by atomic mass is 10.2. The van der Waals surface area contributed by atoms with E-state index >= 15 is 0 Å². The van der Waals surface area contributed by atoms with Crippen LogP contribution in [0.2, 0.25) is 0 Å². The average Bonchev–Trinajstić information content (AvgIpc) is 3.05. The predicted molar refractivity (Wildman–Crippen MR) is 104 cm³/mol. The number of carbonyl (C=O) groups is 1. The third-order valence-electron chi connectivity index (χ3n) is 4.46. The summed E-state index contributed by atoms with van der Waals surface area (Å²) in [4.78, 5) is 21.6. The molecule has 0 spiro atoms. The molecule has 0 fully saturated rings. The summed E-state index contributed by atoms with van der Waals surface area (Å²) in [5.74, 6) is -0.0722. The molecule has 0 N–H and O–H groups in total. The molecular weight excluding hydrogens is 326 g/mol. The standard InChI is InChI=1S/C20H25N5O/c1-5-24(15(2)14-23(3)4)20(26)19-18(11-8-12-21-19)25-17-10-7-6-9-16(17)13-22-25/h6-13,15H,5,14H2,1-4H3. The zero-order valence-corrected chi connectivity index (χ0v) is 15.8. The van der Waals surface area contributed by atoms with Crippen LogP contribution >= 0.6 is 0 Å². The molecule has 0 radical (unpaired) electrons. The highest BCUT2D eigenvalue weighted by Gasteiger charge is 2.25. The number of aromatic nitrogens is 3. The largest absolute Gasteiger partial charge is 0.334 e. The number of para-hydroxylation sites is 1. The maximum Gasteiger partial charge on any atom is 0.274 e. The van der Waals surface area contributed by atoms with E-state index in [2.05, 4.69) is 21.9 Å². The van der Waals surface area contributed by atoms with Gasteiger partial charge < -0.3 is 9.80 Å². The maximum absolute atomic E-state index is 13.3. The Kier molecular flexibility index (Phi) is 5.32. The Morgan fingerprint density at radius 1 is 1.19 bits per heavy atom. The fraction of sp³-hybridized carbons (Fsp3) is 0.350. The van der Waals surface area contributed by atoms with Crippen molar-refractivity contribution >= 4 is 16.8 Å². The van der Waals surface area contributed by atoms with Crippen molar-refractivity contribution in [3.05, 3.63) is 54.5 Å². The normalized spacial score (nSPS) is 12.5. The summed E-state index contributed by atoms with van der Waals surface area (Å²) in [5.41, 5.74) is 2.09. The van der Waals surface area contributed by atoms with E-state index < -0.39 is 0 Å². The monoisotopic (exact) mass is 351 g/mol. The molecule has 0 bridgehead atoms. The van der Waals surface area contributed by atoms with Gasteiger partial charge in [0.2, 0.25) is 0 Å². The molecule has 1 unspecified atom stereocenters. The lowest BCUT2D eigenvalue weighted by molar-refractivity contribution is 0.0673. The second kappa shape index (κ2) is 7.66. The van der Waals surface area contributed by atoms with E-state index in [4.69, 9.17) is 0 Å². The molecule has 0 aliphatic carbocycles. The number of nitrogens with zero attached hydrogens (tertiary/aromatic N) is 5. The molecule has 1 atom stereocenters. The molecule has 3 rings (SSSR count). The number of hydrogen-bond donors (Lipinski definition) is 0. The molecule has 6 heteroatoms. The van der Waals surface area contributed by atoms with Crippen LogP contribution in [0, 0.1) is 0 Å². The van der Waals surface area contributed by atoms with Crippen LogP contribution in [0.15, 0.2) is 48.8 Å². The van der Waals surface area contributed by atoms with E-state index in [1.807, 2.05) is 68.5 Å². The van der Waals surface area contributed by atoms with Crippen molar-refractivity contribution < 1.29 is 4.79 Å². The number of amides is 1. The second-order valence-electron chi connectivity index (χ2n) is 6.69. The first kappa shape index (κ1) is 18.1. The molecule has 0 aliphatic rings. The van der Waals surface area contributed by atoms with Crippen molar-refractivity contribution in [3.8, 4) is 5.69 Å². The van der Waals surface area contributed by atoms with Crippen LogP contribution in [-0.4, -0.2) is 63.7 Å². The van der Waals surface area contributed by atoms with Gasteiger partial charge in [-0.05, 0) is 46.1 Å². The Labute approximate surface area is 154 Å². The van der Waals surface area contributed by atoms with Crippen LogP contribution in [0.5, 0.6) is 0 Å². The molecule has 6 nitrogen and oxygen atoms in total. The molecule has 1 amide bonds. The SMILES string of the molecule is CCN(C(=O)c1ncccc1-n1ncc2ccccc21)C(C)CN(C)C. The first-order chi connectivity index (χ1) is 12.5. The number of rotatable bonds is 6. The van der Waals surface area contributed by atoms with Crippen molar-refractivity contribution in [2.75, 3.05) is 27.2 Å². The third-order valence-corrected chi connectivity index (χ3v) is 4.46. The van der Waals surface area contributed by atoms with E-state index in [-0.39, 0.29) is 11.9 Å². The zero-order chi connectivity index (χ0) is 18.7. The smallest absolute Gasteiger partial charge is 0.274 e. The number of benzene rings is 1. The van der Waals surface area contributed by atoms with Crippen LogP contribution in [0.25, 0.3) is 16.6 Å². The van der Waals surface area contributed by atoms with Gasteiger partial charge in [-0.25, -0.2) is 9.67 Å². The van der Waals surface area contributed by atoms with Gasteiger partial charge in [0.1, 0.15) is 0 Å². The zero-order valence-electron chi connectivity index (χ0n) is 15.8. The highest BCUT2D eigenvalue weighted by molar-refractivity contribution is 5.96. The molecule has 1 aromatic carbocycles. The minimum absolute atomic E-state index is 0.0722. The van der Waals surface area contributed by atoms with Gasteiger partial charge in [0.25, 0.3) is 5.91 Å². The van der Waals surface area contributed by atoms with E-state index in [1.54, 1.807) is 10.9 Å². The van der Waals surface area contributed by atoms with Crippen LogP contribution in [-0.2, 0) is 0 Å². The fourth-order valence-electron chi connectivity index (χ4n) is 3.31. The maximum atomic E-state index is 13.3. The number of hydrogen-bond acceptors (Lipinski definition) is 4. The van der Waals surface area contributed by atoms with Gasteiger partial charge in [0.15, 0.2) is 5.69 Å². The first-order valence-electron chi connectivity index (χ1n) is 8.86. The van der Waals surface area contributed by atoms with Crippen LogP contribution in [0.4, 0.5) is 0 Å². The number of pyridine rings is 1. The highest BCUT2D eigenvalue weighted by Crippen LogP contribution is 2.21. The van der Waals surface area contributed by atoms with Gasteiger partial charge in [0.05, 0.1) is 17.4 Å². The number of fused-ring (bicyclic) bond motifs is 1. The summed E-state index contributed by atoms with van der Waals surface area (Å²) < 4.78 is 1.79. The van der Waals surface area contributed by atoms with Gasteiger partial charge in [-0.1, -0.05) is 18.2 Å². The van der Waals surface area contributed by atoms with E-state index in [1.165, 1.54) is 0 Å². The summed E-state index contributed by atoms with van der Waals surface area (Å²) in [6.45, 7) is 5.49. The third kappa shape index (κ3) is 3.46. The van der Waals surface area contributed by atoms with E-state index in [9.17, 15) is 4.79 Å². The molecule has 0 saturated heterocycles. The molecular formula is C20H25N5O. The molecule has 136 valence electrons. The quantitative estimate of drug-likeness (QED) is 0.685. The average molecular weight is 351 g/mol. The van der Waals surface area contributed by atoms with Crippen LogP contribution in [0.1, 0.15) is 24.3 Å². The molecule has 26 heavy (non-hydrogen) atoms. The minimum atomic E-state index is -0.0722. The highest BCUT2D eigenvalue weighted by atomic mass is 16.2. The van der Waals surface area contributed by atoms with Crippen molar-refractivity contribution in [2.24, 2.45) is 0 Å². The predicted octanol–water partition coefficient (Wildman–Crippen LogP) is 2.83. The molecule has 3 aromatic rings. The summed E-state index contributed by atoms with van der Waals surface area (Å²) in [6, 6.07) is 11.8. The van der Waals surface area contributed by atoms with Crippen LogP contribution < -0.4 is 0 Å².